The quantitative estimate of drug-likeness (QED) is 0.438. The molecule has 0 rings (SSSR count). The van der Waals surface area contributed by atoms with Gasteiger partial charge in [-0.2, -0.15) is 0 Å². The van der Waals surface area contributed by atoms with Crippen molar-refractivity contribution >= 4 is 12.1 Å². The van der Waals surface area contributed by atoms with Crippen molar-refractivity contribution < 1.29 is 9.59 Å². The van der Waals surface area contributed by atoms with Gasteiger partial charge >= 0.3 is 12.1 Å². The Balaban J connectivity index is 3.27. The summed E-state index contributed by atoms with van der Waals surface area (Å²) in [5.41, 5.74) is 0. The molecule has 0 fully saturated rings. The molecule has 0 aliphatic rings. The van der Waals surface area contributed by atoms with E-state index in [0.29, 0.717) is 13.1 Å². The van der Waals surface area contributed by atoms with Gasteiger partial charge in [0.25, 0.3) is 0 Å². The smallest absolute Gasteiger partial charge is 0.314 e. The van der Waals surface area contributed by atoms with E-state index in [0.717, 1.165) is 51.6 Å². The van der Waals surface area contributed by atoms with Crippen LogP contribution in [0.15, 0.2) is 0 Å². The van der Waals surface area contributed by atoms with Gasteiger partial charge in [0.2, 0.25) is 0 Å². The lowest BCUT2D eigenvalue weighted by Crippen LogP contribution is -2.38. The number of rotatable bonds is 11. The van der Waals surface area contributed by atoms with E-state index in [1.807, 2.05) is 0 Å². The van der Waals surface area contributed by atoms with Crippen LogP contribution in [0, 0.1) is 0 Å². The fourth-order valence-corrected chi connectivity index (χ4v) is 1.54. The average Bonchev–Trinajstić information content (AvgIpc) is 2.43. The standard InChI is InChI=1S/C14H30N4O2/c1-3-5-9-15-13(19)17-11-7-8-12-18-14(20)16-10-6-4-2/h3-12H2,1-2H3,(H2,15,17,19)(H2,16,18,20). The van der Waals surface area contributed by atoms with Crippen LogP contribution < -0.4 is 21.3 Å². The van der Waals surface area contributed by atoms with E-state index in [9.17, 15) is 9.59 Å². The van der Waals surface area contributed by atoms with Crippen molar-refractivity contribution in [2.75, 3.05) is 26.2 Å². The van der Waals surface area contributed by atoms with E-state index >= 15 is 0 Å². The van der Waals surface area contributed by atoms with Crippen molar-refractivity contribution in [3.63, 3.8) is 0 Å². The van der Waals surface area contributed by atoms with Crippen molar-refractivity contribution in [2.24, 2.45) is 0 Å². The highest BCUT2D eigenvalue weighted by Crippen LogP contribution is 1.86. The summed E-state index contributed by atoms with van der Waals surface area (Å²) >= 11 is 0. The minimum atomic E-state index is -0.108. The maximum atomic E-state index is 11.3. The first-order chi connectivity index (χ1) is 9.70. The molecule has 0 unspecified atom stereocenters. The molecule has 0 saturated carbocycles. The Morgan fingerprint density at radius 1 is 0.600 bits per heavy atom. The first-order valence-electron chi connectivity index (χ1n) is 7.74. The molecule has 6 nitrogen and oxygen atoms in total. The van der Waals surface area contributed by atoms with Crippen molar-refractivity contribution in [3.8, 4) is 0 Å². The second-order valence-corrected chi connectivity index (χ2v) is 4.78. The molecule has 0 spiro atoms. The van der Waals surface area contributed by atoms with E-state index in [1.165, 1.54) is 0 Å². The summed E-state index contributed by atoms with van der Waals surface area (Å²) in [6.07, 6.45) is 5.88. The number of carbonyl (C=O) groups is 2. The topological polar surface area (TPSA) is 82.3 Å². The number of carbonyl (C=O) groups excluding carboxylic acids is 2. The van der Waals surface area contributed by atoms with Gasteiger partial charge in [0.05, 0.1) is 0 Å². The average molecular weight is 286 g/mol. The molecular weight excluding hydrogens is 256 g/mol. The normalized spacial score (nSPS) is 9.90. The molecule has 0 aliphatic carbocycles. The molecule has 0 aliphatic heterocycles. The van der Waals surface area contributed by atoms with E-state index < -0.39 is 0 Å². The number of nitrogens with one attached hydrogen (secondary N) is 4. The van der Waals surface area contributed by atoms with Crippen LogP contribution in [0.1, 0.15) is 52.4 Å². The van der Waals surface area contributed by atoms with Gasteiger partial charge in [0.15, 0.2) is 0 Å². The molecule has 0 aromatic heterocycles. The summed E-state index contributed by atoms with van der Waals surface area (Å²) in [6.45, 7) is 6.90. The number of hydrogen-bond acceptors (Lipinski definition) is 2. The molecule has 0 heterocycles. The molecule has 118 valence electrons. The number of urea groups is 2. The van der Waals surface area contributed by atoms with Crippen LogP contribution in [-0.2, 0) is 0 Å². The Morgan fingerprint density at radius 3 is 1.20 bits per heavy atom. The summed E-state index contributed by atoms with van der Waals surface area (Å²) in [7, 11) is 0. The first kappa shape index (κ1) is 18.5. The first-order valence-corrected chi connectivity index (χ1v) is 7.74. The molecule has 0 radical (unpaired) electrons. The molecule has 0 aromatic carbocycles. The van der Waals surface area contributed by atoms with Gasteiger partial charge in [-0.25, -0.2) is 9.59 Å². The Hall–Kier alpha value is -1.46. The molecule has 0 bridgehead atoms. The summed E-state index contributed by atoms with van der Waals surface area (Å²) in [4.78, 5) is 22.6. The highest BCUT2D eigenvalue weighted by atomic mass is 16.2. The zero-order valence-electron chi connectivity index (χ0n) is 12.9. The van der Waals surface area contributed by atoms with Crippen LogP contribution in [0.4, 0.5) is 9.59 Å². The van der Waals surface area contributed by atoms with Gasteiger partial charge < -0.3 is 21.3 Å². The van der Waals surface area contributed by atoms with Crippen LogP contribution in [0.3, 0.4) is 0 Å². The third-order valence-corrected chi connectivity index (χ3v) is 2.81. The third-order valence-electron chi connectivity index (χ3n) is 2.81. The summed E-state index contributed by atoms with van der Waals surface area (Å²) < 4.78 is 0. The van der Waals surface area contributed by atoms with Crippen LogP contribution in [-0.4, -0.2) is 38.2 Å². The van der Waals surface area contributed by atoms with E-state index in [1.54, 1.807) is 0 Å². The van der Waals surface area contributed by atoms with Crippen LogP contribution >= 0.6 is 0 Å². The van der Waals surface area contributed by atoms with E-state index in [-0.39, 0.29) is 12.1 Å². The lowest BCUT2D eigenvalue weighted by Gasteiger charge is -2.08. The van der Waals surface area contributed by atoms with Crippen molar-refractivity contribution in [1.82, 2.24) is 21.3 Å². The molecule has 0 aromatic rings. The fraction of sp³-hybridized carbons (Fsp3) is 0.857. The zero-order chi connectivity index (χ0) is 15.1. The molecule has 20 heavy (non-hydrogen) atoms. The molecule has 4 amide bonds. The Labute approximate surface area is 122 Å². The lowest BCUT2D eigenvalue weighted by atomic mass is 10.3. The zero-order valence-corrected chi connectivity index (χ0v) is 12.9. The highest BCUT2D eigenvalue weighted by molar-refractivity contribution is 5.74. The summed E-state index contributed by atoms with van der Waals surface area (Å²) in [5.74, 6) is 0. The predicted molar refractivity (Wildman–Crippen MR) is 81.9 cm³/mol. The third kappa shape index (κ3) is 13.0. The van der Waals surface area contributed by atoms with Gasteiger partial charge in [0.1, 0.15) is 0 Å². The summed E-state index contributed by atoms with van der Waals surface area (Å²) in [5, 5.41) is 11.2. The fourth-order valence-electron chi connectivity index (χ4n) is 1.54. The Bertz CT molecular complexity index is 234. The highest BCUT2D eigenvalue weighted by Gasteiger charge is 1.99. The minimum absolute atomic E-state index is 0.108. The second-order valence-electron chi connectivity index (χ2n) is 4.78. The van der Waals surface area contributed by atoms with Gasteiger partial charge in [-0.15, -0.1) is 0 Å². The van der Waals surface area contributed by atoms with Crippen molar-refractivity contribution in [2.45, 2.75) is 52.4 Å². The van der Waals surface area contributed by atoms with Gasteiger partial charge in [-0.05, 0) is 25.7 Å². The Morgan fingerprint density at radius 2 is 0.900 bits per heavy atom. The van der Waals surface area contributed by atoms with E-state index in [2.05, 4.69) is 35.1 Å². The van der Waals surface area contributed by atoms with Crippen molar-refractivity contribution in [3.05, 3.63) is 0 Å². The number of unbranched alkanes of at least 4 members (excludes halogenated alkanes) is 3. The van der Waals surface area contributed by atoms with Crippen LogP contribution in [0.25, 0.3) is 0 Å². The molecule has 6 heteroatoms. The Kier molecular flexibility index (Phi) is 12.9. The lowest BCUT2D eigenvalue weighted by molar-refractivity contribution is 0.238. The summed E-state index contributed by atoms with van der Waals surface area (Å²) in [6, 6.07) is -0.215. The number of hydrogen-bond donors (Lipinski definition) is 4. The molecule has 4 N–H and O–H groups in total. The van der Waals surface area contributed by atoms with Crippen LogP contribution in [0.2, 0.25) is 0 Å². The molecular formula is C14H30N4O2. The minimum Gasteiger partial charge on any atom is -0.338 e. The predicted octanol–water partition coefficient (Wildman–Crippen LogP) is 1.97. The van der Waals surface area contributed by atoms with Crippen LogP contribution in [0.5, 0.6) is 0 Å². The maximum Gasteiger partial charge on any atom is 0.314 e. The number of amides is 4. The second kappa shape index (κ2) is 14.0. The van der Waals surface area contributed by atoms with E-state index in [4.69, 9.17) is 0 Å². The van der Waals surface area contributed by atoms with Gasteiger partial charge in [-0.3, -0.25) is 0 Å². The largest absolute Gasteiger partial charge is 0.338 e. The van der Waals surface area contributed by atoms with Gasteiger partial charge in [0, 0.05) is 26.2 Å². The monoisotopic (exact) mass is 286 g/mol. The SMILES string of the molecule is CCCCNC(=O)NCCCCNC(=O)NCCCC. The molecule has 0 atom stereocenters. The molecule has 0 saturated heterocycles. The van der Waals surface area contributed by atoms with Crippen molar-refractivity contribution in [1.29, 1.82) is 0 Å². The maximum absolute atomic E-state index is 11.3. The van der Waals surface area contributed by atoms with Gasteiger partial charge in [-0.1, -0.05) is 26.7 Å².